The Morgan fingerprint density at radius 2 is 1.80 bits per heavy atom. The van der Waals surface area contributed by atoms with Crippen molar-refractivity contribution in [3.05, 3.63) is 58.7 Å². The molecule has 0 aliphatic carbocycles. The predicted molar refractivity (Wildman–Crippen MR) is 123 cm³/mol. The summed E-state index contributed by atoms with van der Waals surface area (Å²) in [5.41, 5.74) is 5.87. The summed E-state index contributed by atoms with van der Waals surface area (Å²) < 4.78 is 0. The average Bonchev–Trinajstić information content (AvgIpc) is 2.68. The van der Waals surface area contributed by atoms with E-state index in [0.717, 1.165) is 47.5 Å². The van der Waals surface area contributed by atoms with Crippen LogP contribution in [0.5, 0.6) is 0 Å². The monoisotopic (exact) mass is 407 g/mol. The van der Waals surface area contributed by atoms with Gasteiger partial charge >= 0.3 is 0 Å². The van der Waals surface area contributed by atoms with Crippen molar-refractivity contribution in [2.24, 2.45) is 0 Å². The molecule has 0 radical (unpaired) electrons. The number of hydrogen-bond donors (Lipinski definition) is 2. The molecule has 0 spiro atoms. The lowest BCUT2D eigenvalue weighted by Crippen LogP contribution is -2.38. The molecule has 2 N–H and O–H groups in total. The minimum Gasteiger partial charge on any atom is -0.362 e. The van der Waals surface area contributed by atoms with Crippen molar-refractivity contribution in [1.29, 1.82) is 0 Å². The number of nitrogens with zero attached hydrogens (tertiary/aromatic N) is 1. The summed E-state index contributed by atoms with van der Waals surface area (Å²) in [5, 5.41) is 6.13. The molecule has 0 saturated carbocycles. The number of hydrogen-bond acceptors (Lipinski definition) is 3. The zero-order valence-electron chi connectivity index (χ0n) is 18.7. The number of para-hydroxylation sites is 1. The highest BCUT2D eigenvalue weighted by molar-refractivity contribution is 5.99. The molecule has 0 saturated heterocycles. The maximum Gasteiger partial charge on any atom is 0.251 e. The Morgan fingerprint density at radius 3 is 2.50 bits per heavy atom. The van der Waals surface area contributed by atoms with Crippen LogP contribution < -0.4 is 15.5 Å². The van der Waals surface area contributed by atoms with Gasteiger partial charge in [-0.3, -0.25) is 9.59 Å². The molecule has 5 heteroatoms. The normalized spacial score (nSPS) is 13.4. The summed E-state index contributed by atoms with van der Waals surface area (Å²) in [7, 11) is 0. The van der Waals surface area contributed by atoms with Gasteiger partial charge in [-0.2, -0.15) is 0 Å². The van der Waals surface area contributed by atoms with E-state index in [1.807, 2.05) is 51.1 Å². The second kappa shape index (κ2) is 9.33. The fraction of sp³-hybridized carbons (Fsp3) is 0.440. The second-order valence-corrected chi connectivity index (χ2v) is 8.70. The summed E-state index contributed by atoms with van der Waals surface area (Å²) in [6, 6.07) is 12.0. The van der Waals surface area contributed by atoms with Crippen molar-refractivity contribution in [3.63, 3.8) is 0 Å². The Balaban J connectivity index is 1.80. The molecule has 160 valence electrons. The second-order valence-electron chi connectivity index (χ2n) is 8.70. The van der Waals surface area contributed by atoms with Crippen molar-refractivity contribution in [3.8, 4) is 0 Å². The van der Waals surface area contributed by atoms with Crippen LogP contribution in [0.2, 0.25) is 0 Å². The van der Waals surface area contributed by atoms with Crippen molar-refractivity contribution >= 4 is 23.2 Å². The van der Waals surface area contributed by atoms with E-state index < -0.39 is 0 Å². The van der Waals surface area contributed by atoms with Gasteiger partial charge in [-0.1, -0.05) is 38.1 Å². The van der Waals surface area contributed by atoms with Crippen LogP contribution in [0.25, 0.3) is 0 Å². The third-order valence-corrected chi connectivity index (χ3v) is 5.54. The summed E-state index contributed by atoms with van der Waals surface area (Å²) in [4.78, 5) is 27.7. The van der Waals surface area contributed by atoms with E-state index in [4.69, 9.17) is 0 Å². The van der Waals surface area contributed by atoms with Crippen LogP contribution in [0.1, 0.15) is 67.1 Å². The van der Waals surface area contributed by atoms with Gasteiger partial charge in [0.15, 0.2) is 0 Å². The molecule has 1 aliphatic heterocycles. The lowest BCUT2D eigenvalue weighted by molar-refractivity contribution is -0.115. The molecular formula is C25H33N3O2. The van der Waals surface area contributed by atoms with Crippen LogP contribution >= 0.6 is 0 Å². The average molecular weight is 408 g/mol. The molecule has 0 atom stereocenters. The number of anilines is 2. The fourth-order valence-electron chi connectivity index (χ4n) is 4.11. The number of nitrogens with one attached hydrogen (secondary N) is 2. The Hall–Kier alpha value is -2.82. The molecule has 0 unspecified atom stereocenters. The summed E-state index contributed by atoms with van der Waals surface area (Å²) in [6.07, 6.45) is 1.78. The first kappa shape index (κ1) is 21.9. The van der Waals surface area contributed by atoms with Crippen molar-refractivity contribution in [1.82, 2.24) is 5.32 Å². The largest absolute Gasteiger partial charge is 0.362 e. The first-order chi connectivity index (χ1) is 14.3. The van der Waals surface area contributed by atoms with Gasteiger partial charge < -0.3 is 15.5 Å². The molecule has 2 aromatic carbocycles. The maximum atomic E-state index is 12.9. The molecular weight excluding hydrogens is 374 g/mol. The van der Waals surface area contributed by atoms with Gasteiger partial charge in [0.2, 0.25) is 5.91 Å². The van der Waals surface area contributed by atoms with Crippen LogP contribution in [0.15, 0.2) is 36.4 Å². The first-order valence-corrected chi connectivity index (χ1v) is 10.8. The van der Waals surface area contributed by atoms with Gasteiger partial charge in [-0.05, 0) is 68.4 Å². The summed E-state index contributed by atoms with van der Waals surface area (Å²) >= 11 is 0. The number of aryl methyl sites for hydroxylation is 1. The fourth-order valence-corrected chi connectivity index (χ4v) is 4.11. The van der Waals surface area contributed by atoms with Gasteiger partial charge in [-0.15, -0.1) is 0 Å². The first-order valence-electron chi connectivity index (χ1n) is 10.8. The Labute approximate surface area is 179 Å². The maximum absolute atomic E-state index is 12.9. The van der Waals surface area contributed by atoms with Crippen LogP contribution in [0, 0.1) is 6.92 Å². The number of carbonyl (C=O) groups excluding carboxylic acids is 2. The predicted octanol–water partition coefficient (Wildman–Crippen LogP) is 4.65. The molecule has 0 bridgehead atoms. The van der Waals surface area contributed by atoms with E-state index in [2.05, 4.69) is 35.4 Å². The minimum atomic E-state index is -0.0466. The highest BCUT2D eigenvalue weighted by Gasteiger charge is 2.24. The zero-order valence-corrected chi connectivity index (χ0v) is 18.7. The summed E-state index contributed by atoms with van der Waals surface area (Å²) in [5.74, 6) is 0.253. The Bertz CT molecular complexity index is 934. The van der Waals surface area contributed by atoms with E-state index in [9.17, 15) is 9.59 Å². The Morgan fingerprint density at radius 1 is 1.07 bits per heavy atom. The smallest absolute Gasteiger partial charge is 0.251 e. The number of fused-ring (bicyclic) bond motifs is 1. The van der Waals surface area contributed by atoms with Crippen LogP contribution in [-0.4, -0.2) is 30.9 Å². The van der Waals surface area contributed by atoms with Gasteiger partial charge in [0.1, 0.15) is 0 Å². The Kier molecular flexibility index (Phi) is 6.80. The lowest BCUT2D eigenvalue weighted by atomic mass is 9.95. The zero-order chi connectivity index (χ0) is 21.8. The van der Waals surface area contributed by atoms with E-state index >= 15 is 0 Å². The number of amides is 2. The molecule has 1 aliphatic rings. The van der Waals surface area contributed by atoms with Crippen LogP contribution in [-0.2, 0) is 11.2 Å². The van der Waals surface area contributed by atoms with E-state index in [1.165, 1.54) is 0 Å². The summed E-state index contributed by atoms with van der Waals surface area (Å²) in [6.45, 7) is 11.3. The lowest BCUT2D eigenvalue weighted by Gasteiger charge is -2.32. The number of rotatable bonds is 6. The molecule has 0 fully saturated rings. The van der Waals surface area contributed by atoms with Crippen molar-refractivity contribution in [2.75, 3.05) is 23.3 Å². The molecule has 0 aromatic heterocycles. The van der Waals surface area contributed by atoms with E-state index in [0.29, 0.717) is 11.5 Å². The van der Waals surface area contributed by atoms with E-state index in [-0.39, 0.29) is 24.4 Å². The SMILES string of the molecule is Cc1cccc(C(C)C)c1NC(=O)CN1CCCc2c(C(=O)NC(C)C)cccc21. The van der Waals surface area contributed by atoms with E-state index in [1.54, 1.807) is 0 Å². The third-order valence-electron chi connectivity index (χ3n) is 5.54. The van der Waals surface area contributed by atoms with Gasteiger partial charge in [0.25, 0.3) is 5.91 Å². The van der Waals surface area contributed by atoms with Crippen LogP contribution in [0.3, 0.4) is 0 Å². The number of benzene rings is 2. The van der Waals surface area contributed by atoms with Gasteiger partial charge in [-0.25, -0.2) is 0 Å². The highest BCUT2D eigenvalue weighted by atomic mass is 16.2. The molecule has 3 rings (SSSR count). The quantitative estimate of drug-likeness (QED) is 0.733. The third kappa shape index (κ3) is 4.84. The topological polar surface area (TPSA) is 61.4 Å². The highest BCUT2D eigenvalue weighted by Crippen LogP contribution is 2.31. The molecule has 5 nitrogen and oxygen atoms in total. The molecule has 30 heavy (non-hydrogen) atoms. The molecule has 1 heterocycles. The van der Waals surface area contributed by atoms with Gasteiger partial charge in [0, 0.05) is 29.5 Å². The van der Waals surface area contributed by atoms with Gasteiger partial charge in [0.05, 0.1) is 6.54 Å². The standard InChI is InChI=1S/C25H33N3O2/c1-16(2)19-10-6-9-18(5)24(19)27-23(29)15-28-14-8-12-20-21(11-7-13-22(20)28)25(30)26-17(3)4/h6-7,9-11,13,16-17H,8,12,14-15H2,1-5H3,(H,26,30)(H,27,29). The van der Waals surface area contributed by atoms with Crippen molar-refractivity contribution in [2.45, 2.75) is 59.4 Å². The van der Waals surface area contributed by atoms with Crippen molar-refractivity contribution < 1.29 is 9.59 Å². The minimum absolute atomic E-state index is 0.0314. The molecule has 2 aromatic rings. The number of carbonyl (C=O) groups is 2. The molecule has 2 amide bonds. The van der Waals surface area contributed by atoms with Crippen LogP contribution in [0.4, 0.5) is 11.4 Å².